The van der Waals surface area contributed by atoms with E-state index in [1.165, 1.54) is 13.3 Å². The van der Waals surface area contributed by atoms with Gasteiger partial charge in [0.15, 0.2) is 0 Å². The number of methoxy groups -OCH3 is 1. The molecule has 0 bridgehead atoms. The van der Waals surface area contributed by atoms with Crippen molar-refractivity contribution < 1.29 is 14.6 Å². The molecular formula is C13H11NO4. The van der Waals surface area contributed by atoms with Crippen molar-refractivity contribution in [3.8, 4) is 16.9 Å². The van der Waals surface area contributed by atoms with Crippen LogP contribution in [-0.4, -0.2) is 23.2 Å². The molecule has 5 heteroatoms. The number of aromatic amines is 1. The summed E-state index contributed by atoms with van der Waals surface area (Å²) in [6.45, 7) is 0. The highest BCUT2D eigenvalue weighted by atomic mass is 16.5. The summed E-state index contributed by atoms with van der Waals surface area (Å²) in [5.41, 5.74) is -0.0138. The largest absolute Gasteiger partial charge is 0.496 e. The molecule has 5 nitrogen and oxygen atoms in total. The SMILES string of the molecule is COc1ccccc1-c1cc[nH]c(=O)c1C(=O)O. The molecule has 0 atom stereocenters. The number of ether oxygens (including phenoxy) is 1. The summed E-state index contributed by atoms with van der Waals surface area (Å²) in [5.74, 6) is -0.747. The molecule has 2 rings (SSSR count). The molecule has 2 aromatic rings. The Morgan fingerprint density at radius 1 is 1.22 bits per heavy atom. The number of carboxylic acids is 1. The number of carboxylic acid groups (broad SMARTS) is 1. The zero-order chi connectivity index (χ0) is 13.1. The van der Waals surface area contributed by atoms with E-state index in [4.69, 9.17) is 9.84 Å². The van der Waals surface area contributed by atoms with Gasteiger partial charge in [0.25, 0.3) is 5.56 Å². The molecule has 2 N–H and O–H groups in total. The van der Waals surface area contributed by atoms with Crippen LogP contribution >= 0.6 is 0 Å². The van der Waals surface area contributed by atoms with Crippen molar-refractivity contribution in [2.75, 3.05) is 7.11 Å². The molecule has 0 aliphatic rings. The van der Waals surface area contributed by atoms with Gasteiger partial charge < -0.3 is 14.8 Å². The number of hydrogen-bond donors (Lipinski definition) is 2. The number of aromatic nitrogens is 1. The lowest BCUT2D eigenvalue weighted by Gasteiger charge is -2.09. The fourth-order valence-corrected chi connectivity index (χ4v) is 1.78. The maximum absolute atomic E-state index is 11.6. The van der Waals surface area contributed by atoms with Gasteiger partial charge in [-0.15, -0.1) is 0 Å². The summed E-state index contributed by atoms with van der Waals surface area (Å²) in [6, 6.07) is 8.49. The van der Waals surface area contributed by atoms with Gasteiger partial charge in [0.05, 0.1) is 7.11 Å². The van der Waals surface area contributed by atoms with Crippen LogP contribution < -0.4 is 10.3 Å². The second-order valence-electron chi connectivity index (χ2n) is 3.60. The smallest absolute Gasteiger partial charge is 0.341 e. The third kappa shape index (κ3) is 1.98. The van der Waals surface area contributed by atoms with E-state index in [0.29, 0.717) is 16.9 Å². The predicted molar refractivity (Wildman–Crippen MR) is 66.0 cm³/mol. The molecule has 0 fully saturated rings. The summed E-state index contributed by atoms with van der Waals surface area (Å²) in [5, 5.41) is 9.11. The zero-order valence-corrected chi connectivity index (χ0v) is 9.64. The lowest BCUT2D eigenvalue weighted by molar-refractivity contribution is 0.0696. The number of para-hydroxylation sites is 1. The van der Waals surface area contributed by atoms with Gasteiger partial charge in [-0.3, -0.25) is 4.79 Å². The third-order valence-corrected chi connectivity index (χ3v) is 2.57. The molecular weight excluding hydrogens is 234 g/mol. The van der Waals surface area contributed by atoms with Crippen molar-refractivity contribution in [3.63, 3.8) is 0 Å². The number of H-pyrrole nitrogens is 1. The van der Waals surface area contributed by atoms with Gasteiger partial charge in [-0.25, -0.2) is 4.79 Å². The van der Waals surface area contributed by atoms with E-state index in [-0.39, 0.29) is 5.56 Å². The van der Waals surface area contributed by atoms with Gasteiger partial charge in [0, 0.05) is 17.3 Å². The minimum atomic E-state index is -1.27. The van der Waals surface area contributed by atoms with Gasteiger partial charge in [0.1, 0.15) is 11.3 Å². The average Bonchev–Trinajstić information content (AvgIpc) is 2.38. The Bertz CT molecular complexity index is 645. The fraction of sp³-hybridized carbons (Fsp3) is 0.0769. The third-order valence-electron chi connectivity index (χ3n) is 2.57. The first-order valence-corrected chi connectivity index (χ1v) is 5.23. The summed E-state index contributed by atoms with van der Waals surface area (Å²) in [4.78, 5) is 25.1. The number of hydrogen-bond acceptors (Lipinski definition) is 3. The molecule has 0 aliphatic carbocycles. The molecule has 1 aromatic carbocycles. The van der Waals surface area contributed by atoms with Crippen molar-refractivity contribution in [3.05, 3.63) is 52.4 Å². The van der Waals surface area contributed by atoms with Crippen LogP contribution in [0.2, 0.25) is 0 Å². The summed E-state index contributed by atoms with van der Waals surface area (Å²) in [6.07, 6.45) is 1.41. The Morgan fingerprint density at radius 3 is 2.61 bits per heavy atom. The minimum Gasteiger partial charge on any atom is -0.496 e. The van der Waals surface area contributed by atoms with Crippen LogP contribution in [0.3, 0.4) is 0 Å². The number of carbonyl (C=O) groups is 1. The van der Waals surface area contributed by atoms with Crippen LogP contribution in [0.4, 0.5) is 0 Å². The van der Waals surface area contributed by atoms with E-state index < -0.39 is 11.5 Å². The van der Waals surface area contributed by atoms with Crippen LogP contribution in [-0.2, 0) is 0 Å². The first-order chi connectivity index (χ1) is 8.65. The van der Waals surface area contributed by atoms with Crippen molar-refractivity contribution in [2.45, 2.75) is 0 Å². The summed E-state index contributed by atoms with van der Waals surface area (Å²) < 4.78 is 5.17. The molecule has 1 heterocycles. The topological polar surface area (TPSA) is 79.4 Å². The van der Waals surface area contributed by atoms with E-state index in [0.717, 1.165) is 0 Å². The maximum Gasteiger partial charge on any atom is 0.341 e. The molecule has 18 heavy (non-hydrogen) atoms. The second kappa shape index (κ2) is 4.75. The van der Waals surface area contributed by atoms with Gasteiger partial charge >= 0.3 is 5.97 Å². The normalized spacial score (nSPS) is 10.1. The molecule has 0 amide bonds. The predicted octanol–water partition coefficient (Wildman–Crippen LogP) is 1.75. The quantitative estimate of drug-likeness (QED) is 0.863. The summed E-state index contributed by atoms with van der Waals surface area (Å²) >= 11 is 0. The Hall–Kier alpha value is -2.56. The van der Waals surface area contributed by atoms with Crippen molar-refractivity contribution in [1.82, 2.24) is 4.98 Å². The molecule has 1 aromatic heterocycles. The number of nitrogens with one attached hydrogen (secondary N) is 1. The first-order valence-electron chi connectivity index (χ1n) is 5.23. The van der Waals surface area contributed by atoms with E-state index >= 15 is 0 Å². The highest BCUT2D eigenvalue weighted by molar-refractivity contribution is 5.96. The van der Waals surface area contributed by atoms with Gasteiger partial charge in [0.2, 0.25) is 0 Å². The minimum absolute atomic E-state index is 0.290. The molecule has 0 aliphatic heterocycles. The number of pyridine rings is 1. The van der Waals surface area contributed by atoms with E-state index in [1.807, 2.05) is 0 Å². The van der Waals surface area contributed by atoms with Crippen molar-refractivity contribution in [2.24, 2.45) is 0 Å². The first kappa shape index (κ1) is 11.9. The Kier molecular flexibility index (Phi) is 3.14. The molecule has 0 saturated carbocycles. The van der Waals surface area contributed by atoms with Gasteiger partial charge in [-0.1, -0.05) is 18.2 Å². The molecule has 0 unspecified atom stereocenters. The van der Waals surface area contributed by atoms with Crippen LogP contribution in [0.15, 0.2) is 41.3 Å². The standard InChI is InChI=1S/C13H11NO4/c1-18-10-5-3-2-4-8(10)9-6-7-14-12(15)11(9)13(16)17/h2-7H,1H3,(H,14,15)(H,16,17). The number of aromatic carboxylic acids is 1. The molecule has 0 spiro atoms. The number of benzene rings is 1. The van der Waals surface area contributed by atoms with Gasteiger partial charge in [-0.05, 0) is 12.1 Å². The van der Waals surface area contributed by atoms with Crippen LogP contribution in [0, 0.1) is 0 Å². The van der Waals surface area contributed by atoms with Crippen LogP contribution in [0.25, 0.3) is 11.1 Å². The Morgan fingerprint density at radius 2 is 1.94 bits per heavy atom. The van der Waals surface area contributed by atoms with Crippen molar-refractivity contribution >= 4 is 5.97 Å². The lowest BCUT2D eigenvalue weighted by atomic mass is 10.0. The van der Waals surface area contributed by atoms with E-state index in [9.17, 15) is 9.59 Å². The number of rotatable bonds is 3. The van der Waals surface area contributed by atoms with Crippen LogP contribution in [0.5, 0.6) is 5.75 Å². The van der Waals surface area contributed by atoms with Crippen molar-refractivity contribution in [1.29, 1.82) is 0 Å². The second-order valence-corrected chi connectivity index (χ2v) is 3.60. The summed E-state index contributed by atoms with van der Waals surface area (Å²) in [7, 11) is 1.49. The molecule has 0 saturated heterocycles. The molecule has 92 valence electrons. The average molecular weight is 245 g/mol. The van der Waals surface area contributed by atoms with E-state index in [1.54, 1.807) is 30.3 Å². The fourth-order valence-electron chi connectivity index (χ4n) is 1.78. The maximum atomic E-state index is 11.6. The Balaban J connectivity index is 2.75. The monoisotopic (exact) mass is 245 g/mol. The van der Waals surface area contributed by atoms with Crippen LogP contribution in [0.1, 0.15) is 10.4 Å². The zero-order valence-electron chi connectivity index (χ0n) is 9.64. The highest BCUT2D eigenvalue weighted by Gasteiger charge is 2.17. The lowest BCUT2D eigenvalue weighted by Crippen LogP contribution is -2.18. The Labute approximate surface area is 103 Å². The van der Waals surface area contributed by atoms with Gasteiger partial charge in [-0.2, -0.15) is 0 Å². The van der Waals surface area contributed by atoms with E-state index in [2.05, 4.69) is 4.98 Å². The molecule has 0 radical (unpaired) electrons. The highest BCUT2D eigenvalue weighted by Crippen LogP contribution is 2.30.